The molecule has 2 aromatic carbocycles. The van der Waals surface area contributed by atoms with Crippen molar-refractivity contribution < 1.29 is 33.0 Å². The zero-order chi connectivity index (χ0) is 46.0. The molecular weight excluding hydrogens is 871 g/mol. The lowest BCUT2D eigenvalue weighted by Gasteiger charge is -2.50. The molecule has 1 unspecified atom stereocenters. The second-order valence-corrected chi connectivity index (χ2v) is 19.4. The minimum Gasteiger partial charge on any atom is -0.478 e. The minimum atomic E-state index is -0.775. The van der Waals surface area contributed by atoms with Gasteiger partial charge in [0.25, 0.3) is 17.4 Å². The van der Waals surface area contributed by atoms with Gasteiger partial charge in [0.2, 0.25) is 17.8 Å². The lowest BCUT2D eigenvalue weighted by molar-refractivity contribution is -0.137. The number of nitrogens with one attached hydrogen (secondary N) is 3. The molecule has 5 fully saturated rings. The Hall–Kier alpha value is -5.85. The molecule has 7 heterocycles. The SMILES string of the molecule is CNC(=O)COc1cc2cc(Nc3nc(N4CCC(O[C@H]5C[C@H](N6CCC7(CN(c8ccc9c(c8F)CN(C8CCC(=O)NC8=O)C9=O)C7)C6)C5)CC4)ncc3Cl)ccc2n(C(C)C)c1=O. The van der Waals surface area contributed by atoms with Gasteiger partial charge < -0.3 is 39.4 Å². The average molecular weight is 925 g/mol. The molecule has 1 spiro atoms. The number of likely N-dealkylation sites (tertiary alicyclic amines) is 1. The lowest BCUT2D eigenvalue weighted by Crippen LogP contribution is -2.59. The number of pyridine rings is 1. The first-order valence-electron chi connectivity index (χ1n) is 22.9. The number of halogens is 2. The fourth-order valence-electron chi connectivity index (χ4n) is 10.7. The maximum Gasteiger partial charge on any atom is 0.293 e. The number of likely N-dealkylation sites (N-methyl/N-ethyl adjacent to an activating group) is 1. The molecule has 0 bridgehead atoms. The smallest absolute Gasteiger partial charge is 0.293 e. The molecule has 4 amide bonds. The quantitative estimate of drug-likeness (QED) is 0.169. The van der Waals surface area contributed by atoms with Gasteiger partial charge in [0.15, 0.2) is 24.0 Å². The van der Waals surface area contributed by atoms with Crippen LogP contribution in [0.15, 0.2) is 47.4 Å². The number of imide groups is 1. The van der Waals surface area contributed by atoms with E-state index in [0.29, 0.717) is 45.3 Å². The zero-order valence-corrected chi connectivity index (χ0v) is 38.0. The number of rotatable bonds is 12. The van der Waals surface area contributed by atoms with Gasteiger partial charge in [0.1, 0.15) is 11.1 Å². The van der Waals surface area contributed by atoms with E-state index < -0.39 is 17.8 Å². The number of carbonyl (C=O) groups is 4. The molecule has 2 aromatic heterocycles. The first-order chi connectivity index (χ1) is 31.8. The van der Waals surface area contributed by atoms with Crippen molar-refractivity contribution in [2.45, 2.75) is 95.7 Å². The van der Waals surface area contributed by atoms with Crippen LogP contribution in [0.25, 0.3) is 10.9 Å². The number of benzene rings is 2. The van der Waals surface area contributed by atoms with Gasteiger partial charge in [-0.25, -0.2) is 9.37 Å². The molecule has 10 rings (SSSR count). The summed E-state index contributed by atoms with van der Waals surface area (Å²) in [6.07, 6.45) is 7.15. The van der Waals surface area contributed by atoms with Crippen LogP contribution in [-0.2, 0) is 25.7 Å². The van der Waals surface area contributed by atoms with Gasteiger partial charge in [-0.3, -0.25) is 34.2 Å². The first kappa shape index (κ1) is 44.0. The van der Waals surface area contributed by atoms with Gasteiger partial charge in [-0.2, -0.15) is 4.98 Å². The molecule has 5 aliphatic heterocycles. The summed E-state index contributed by atoms with van der Waals surface area (Å²) in [5.74, 6) is -0.835. The third-order valence-corrected chi connectivity index (χ3v) is 14.6. The number of aromatic nitrogens is 3. The zero-order valence-electron chi connectivity index (χ0n) is 37.3. The second kappa shape index (κ2) is 17.4. The van der Waals surface area contributed by atoms with E-state index in [9.17, 15) is 24.0 Å². The lowest BCUT2D eigenvalue weighted by atomic mass is 9.78. The summed E-state index contributed by atoms with van der Waals surface area (Å²) in [5, 5.41) is 9.25. The van der Waals surface area contributed by atoms with Crippen molar-refractivity contribution >= 4 is 69.3 Å². The highest BCUT2D eigenvalue weighted by atomic mass is 35.5. The number of piperidine rings is 2. The normalized spacial score (nSPS) is 23.0. The van der Waals surface area contributed by atoms with E-state index >= 15 is 4.39 Å². The van der Waals surface area contributed by atoms with Crippen LogP contribution in [0.2, 0.25) is 5.02 Å². The molecule has 4 saturated heterocycles. The van der Waals surface area contributed by atoms with Crippen LogP contribution in [0.3, 0.4) is 0 Å². The molecule has 0 radical (unpaired) electrons. The van der Waals surface area contributed by atoms with Crippen molar-refractivity contribution in [2.75, 3.05) is 68.0 Å². The molecule has 19 heteroatoms. The summed E-state index contributed by atoms with van der Waals surface area (Å²) < 4.78 is 29.9. The van der Waals surface area contributed by atoms with Gasteiger partial charge in [0.05, 0.1) is 36.2 Å². The van der Waals surface area contributed by atoms with Crippen molar-refractivity contribution in [3.63, 3.8) is 0 Å². The number of hydrogen-bond acceptors (Lipinski definition) is 13. The third-order valence-electron chi connectivity index (χ3n) is 14.3. The van der Waals surface area contributed by atoms with E-state index in [2.05, 4.69) is 35.6 Å². The monoisotopic (exact) mass is 924 g/mol. The number of carbonyl (C=O) groups excluding carboxylic acids is 4. The molecule has 6 aliphatic rings. The number of fused-ring (bicyclic) bond motifs is 2. The van der Waals surface area contributed by atoms with Crippen LogP contribution < -0.4 is 36.0 Å². The van der Waals surface area contributed by atoms with Crippen LogP contribution in [0, 0.1) is 11.2 Å². The molecule has 1 saturated carbocycles. The van der Waals surface area contributed by atoms with E-state index in [1.54, 1.807) is 29.0 Å². The largest absolute Gasteiger partial charge is 0.478 e. The van der Waals surface area contributed by atoms with Crippen molar-refractivity contribution in [1.82, 2.24) is 35.0 Å². The van der Waals surface area contributed by atoms with Gasteiger partial charge in [-0.05, 0) is 95.3 Å². The molecule has 3 N–H and O–H groups in total. The molecule has 4 aromatic rings. The Bertz CT molecular complexity index is 2680. The second-order valence-electron chi connectivity index (χ2n) is 19.0. The highest BCUT2D eigenvalue weighted by Gasteiger charge is 2.51. The summed E-state index contributed by atoms with van der Waals surface area (Å²) in [7, 11) is 1.51. The number of amides is 4. The molecule has 66 heavy (non-hydrogen) atoms. The van der Waals surface area contributed by atoms with Crippen LogP contribution in [-0.4, -0.2) is 125 Å². The standard InChI is InChI=1S/C47H54ClFN10O7/c1-26(2)59-35-6-4-28(16-27(35)17-38(45(59)64)65-22-40(61)50-3)52-42-34(48)20-51-46(54-42)55-13-10-30(11-14-55)66-31-18-29(19-31)56-15-12-47(23-56)24-57(25-47)36-7-5-32-33(41(36)49)21-58(44(32)63)37-8-9-39(60)53-43(37)62/h4-7,16-17,20,26,29-31,37H,8-15,18-19,21-25H2,1-3H3,(H,50,61)(H,51,52,54)(H,53,60,62)/t29-,31-,37?. The van der Waals surface area contributed by atoms with E-state index in [1.807, 2.05) is 32.0 Å². The van der Waals surface area contributed by atoms with Gasteiger partial charge in [-0.15, -0.1) is 0 Å². The predicted molar refractivity (Wildman–Crippen MR) is 245 cm³/mol. The summed E-state index contributed by atoms with van der Waals surface area (Å²) >= 11 is 6.60. The molecule has 17 nitrogen and oxygen atoms in total. The average Bonchev–Trinajstić information content (AvgIpc) is 3.86. The van der Waals surface area contributed by atoms with Crippen molar-refractivity contribution in [3.05, 3.63) is 74.9 Å². The molecular formula is C47H54ClFN10O7. The van der Waals surface area contributed by atoms with E-state index in [1.165, 1.54) is 11.9 Å². The van der Waals surface area contributed by atoms with Gasteiger partial charge in [-0.1, -0.05) is 11.6 Å². The highest BCUT2D eigenvalue weighted by molar-refractivity contribution is 6.33. The van der Waals surface area contributed by atoms with Gasteiger partial charge >= 0.3 is 0 Å². The van der Waals surface area contributed by atoms with Crippen molar-refractivity contribution in [3.8, 4) is 5.75 Å². The topological polar surface area (TPSA) is 184 Å². The molecule has 348 valence electrons. The Balaban J connectivity index is 0.691. The maximum absolute atomic E-state index is 16.0. The Morgan fingerprint density at radius 2 is 1.79 bits per heavy atom. The van der Waals surface area contributed by atoms with Crippen LogP contribution >= 0.6 is 11.6 Å². The summed E-state index contributed by atoms with van der Waals surface area (Å²) in [6.45, 7) is 8.59. The van der Waals surface area contributed by atoms with E-state index in [4.69, 9.17) is 26.1 Å². The van der Waals surface area contributed by atoms with E-state index in [0.717, 1.165) is 82.3 Å². The minimum absolute atomic E-state index is 0.0234. The Morgan fingerprint density at radius 3 is 2.53 bits per heavy atom. The van der Waals surface area contributed by atoms with Crippen LogP contribution in [0.1, 0.15) is 80.8 Å². The number of anilines is 4. The fraction of sp³-hybridized carbons (Fsp3) is 0.511. The maximum atomic E-state index is 16.0. The fourth-order valence-corrected chi connectivity index (χ4v) is 10.8. The van der Waals surface area contributed by atoms with Crippen molar-refractivity contribution in [2.24, 2.45) is 5.41 Å². The number of ether oxygens (including phenoxy) is 2. The van der Waals surface area contributed by atoms with Crippen LogP contribution in [0.4, 0.5) is 27.5 Å². The first-order valence-corrected chi connectivity index (χ1v) is 23.3. The Kier molecular flexibility index (Phi) is 11.6. The van der Waals surface area contributed by atoms with Crippen LogP contribution in [0.5, 0.6) is 5.75 Å². The van der Waals surface area contributed by atoms with Crippen molar-refractivity contribution in [1.29, 1.82) is 0 Å². The Morgan fingerprint density at radius 1 is 1.00 bits per heavy atom. The molecule has 1 atom stereocenters. The third kappa shape index (κ3) is 8.20. The summed E-state index contributed by atoms with van der Waals surface area (Å²) in [6, 6.07) is 10.2. The molecule has 1 aliphatic carbocycles. The number of hydrogen-bond donors (Lipinski definition) is 3. The Labute approximate surface area is 385 Å². The van der Waals surface area contributed by atoms with E-state index in [-0.39, 0.29) is 78.7 Å². The summed E-state index contributed by atoms with van der Waals surface area (Å²) in [5.41, 5.74) is 2.36. The highest BCUT2D eigenvalue weighted by Crippen LogP contribution is 2.46. The number of nitrogens with zero attached hydrogens (tertiary/aromatic N) is 7. The predicted octanol–water partition coefficient (Wildman–Crippen LogP) is 4.52. The van der Waals surface area contributed by atoms with Gasteiger partial charge in [0, 0.05) is 85.9 Å². The summed E-state index contributed by atoms with van der Waals surface area (Å²) in [4.78, 5) is 80.0.